The number of aromatic nitrogens is 3. The molecule has 4 aliphatic heterocycles. The number of pyridine rings is 1. The van der Waals surface area contributed by atoms with Crippen LogP contribution in [0.3, 0.4) is 0 Å². The van der Waals surface area contributed by atoms with Gasteiger partial charge in [0.25, 0.3) is 0 Å². The highest BCUT2D eigenvalue weighted by molar-refractivity contribution is 5.95. The number of ether oxygens (including phenoxy) is 2. The first-order chi connectivity index (χ1) is 16.2. The zero-order chi connectivity index (χ0) is 23.7. The Kier molecular flexibility index (Phi) is 5.06. The predicted octanol–water partition coefficient (Wildman–Crippen LogP) is 3.81. The molecule has 0 saturated carbocycles. The first-order valence-electron chi connectivity index (χ1n) is 11.9. The summed E-state index contributed by atoms with van der Waals surface area (Å²) in [5.41, 5.74) is -0.327. The molecule has 184 valence electrons. The fraction of sp³-hybridized carbons (Fsp3) is 0.696. The number of aryl methyl sites for hydroxylation is 1. The maximum atomic E-state index is 15.2. The van der Waals surface area contributed by atoms with Gasteiger partial charge in [0.2, 0.25) is 11.8 Å². The van der Waals surface area contributed by atoms with E-state index in [0.717, 1.165) is 19.4 Å². The average Bonchev–Trinajstić information content (AvgIpc) is 3.20. The molecule has 0 N–H and O–H groups in total. The molecule has 3 saturated heterocycles. The number of hydrogen-bond donors (Lipinski definition) is 0. The van der Waals surface area contributed by atoms with E-state index in [4.69, 9.17) is 9.47 Å². The molecule has 0 amide bonds. The van der Waals surface area contributed by atoms with E-state index in [9.17, 15) is 13.2 Å². The largest absolute Gasteiger partial charge is 0.475 e. The van der Waals surface area contributed by atoms with Crippen LogP contribution >= 0.6 is 0 Å². The maximum absolute atomic E-state index is 15.2. The molecule has 0 aliphatic carbocycles. The van der Waals surface area contributed by atoms with Crippen LogP contribution in [-0.4, -0.2) is 76.4 Å². The zero-order valence-corrected chi connectivity index (χ0v) is 19.0. The minimum absolute atomic E-state index is 0.00488. The number of halogens is 4. The third-order valence-corrected chi connectivity index (χ3v) is 7.71. The van der Waals surface area contributed by atoms with Gasteiger partial charge in [0.15, 0.2) is 5.82 Å². The Hall–Kier alpha value is -2.43. The standard InChI is InChI=1S/C23H27F4N5O2/c1-13-17(25)18-16-19(32-7-3-5-23(26,27)9-15(32)11-33-20(16)28-13)30-21(29-18)34-12-22-4-2-6-31(22)10-14(24)8-22/h14-15H,2-12H2,1H3/t14-,15+,22+/m1/s1. The summed E-state index contributed by atoms with van der Waals surface area (Å²) in [6, 6.07) is -0.690. The number of alkyl halides is 3. The summed E-state index contributed by atoms with van der Waals surface area (Å²) in [4.78, 5) is 17.0. The highest BCUT2D eigenvalue weighted by Gasteiger charge is 2.49. The lowest BCUT2D eigenvalue weighted by atomic mass is 9.95. The van der Waals surface area contributed by atoms with E-state index in [1.54, 1.807) is 4.90 Å². The lowest BCUT2D eigenvalue weighted by Crippen LogP contribution is -2.43. The van der Waals surface area contributed by atoms with E-state index in [2.05, 4.69) is 19.9 Å². The van der Waals surface area contributed by atoms with Crippen molar-refractivity contribution in [3.05, 3.63) is 11.5 Å². The average molecular weight is 481 g/mol. The van der Waals surface area contributed by atoms with Gasteiger partial charge in [-0.05, 0) is 32.7 Å². The normalized spacial score (nSPS) is 30.4. The van der Waals surface area contributed by atoms with Crippen molar-refractivity contribution in [1.82, 2.24) is 19.9 Å². The molecule has 3 fully saturated rings. The van der Waals surface area contributed by atoms with Crippen molar-refractivity contribution < 1.29 is 27.0 Å². The van der Waals surface area contributed by atoms with Gasteiger partial charge in [0.1, 0.15) is 36.1 Å². The topological polar surface area (TPSA) is 63.6 Å². The van der Waals surface area contributed by atoms with Gasteiger partial charge < -0.3 is 14.4 Å². The molecule has 0 spiro atoms. The Morgan fingerprint density at radius 1 is 1.12 bits per heavy atom. The van der Waals surface area contributed by atoms with Gasteiger partial charge >= 0.3 is 6.01 Å². The fourth-order valence-electron chi connectivity index (χ4n) is 6.09. The second-order valence-electron chi connectivity index (χ2n) is 10.1. The zero-order valence-electron chi connectivity index (χ0n) is 19.0. The number of rotatable bonds is 3. The first-order valence-corrected chi connectivity index (χ1v) is 11.9. The molecule has 2 aromatic heterocycles. The second kappa shape index (κ2) is 7.79. The van der Waals surface area contributed by atoms with E-state index in [1.807, 2.05) is 0 Å². The Bertz CT molecular complexity index is 1130. The van der Waals surface area contributed by atoms with Gasteiger partial charge in [-0.2, -0.15) is 9.97 Å². The number of nitrogens with zero attached hydrogens (tertiary/aromatic N) is 5. The molecule has 34 heavy (non-hydrogen) atoms. The van der Waals surface area contributed by atoms with Crippen LogP contribution in [0.1, 0.15) is 44.2 Å². The van der Waals surface area contributed by atoms with Crippen molar-refractivity contribution >= 4 is 16.7 Å². The lowest BCUT2D eigenvalue weighted by Gasteiger charge is -2.31. The van der Waals surface area contributed by atoms with E-state index >= 15 is 4.39 Å². The van der Waals surface area contributed by atoms with Crippen LogP contribution in [0.2, 0.25) is 0 Å². The molecule has 11 heteroatoms. The van der Waals surface area contributed by atoms with Crippen LogP contribution in [0.4, 0.5) is 23.4 Å². The monoisotopic (exact) mass is 481 g/mol. The summed E-state index contributed by atoms with van der Waals surface area (Å²) >= 11 is 0. The van der Waals surface area contributed by atoms with Crippen molar-refractivity contribution in [3.63, 3.8) is 0 Å². The van der Waals surface area contributed by atoms with Crippen LogP contribution < -0.4 is 14.4 Å². The van der Waals surface area contributed by atoms with Gasteiger partial charge in [-0.1, -0.05) is 0 Å². The summed E-state index contributed by atoms with van der Waals surface area (Å²) < 4.78 is 70.0. The van der Waals surface area contributed by atoms with Gasteiger partial charge in [0.05, 0.1) is 17.3 Å². The van der Waals surface area contributed by atoms with Crippen molar-refractivity contribution in [1.29, 1.82) is 0 Å². The highest BCUT2D eigenvalue weighted by Crippen LogP contribution is 2.43. The van der Waals surface area contributed by atoms with Crippen LogP contribution in [0.5, 0.6) is 11.9 Å². The molecule has 0 radical (unpaired) electrons. The molecule has 4 aliphatic rings. The SMILES string of the molecule is Cc1nc2c3c(nc(OC[C@@]45CCCN4C[C@H](F)C5)nc3c1F)N1CCCC(F)(F)C[C@H]1CO2. The molecule has 7 nitrogen and oxygen atoms in total. The van der Waals surface area contributed by atoms with Crippen molar-refractivity contribution in [3.8, 4) is 11.9 Å². The van der Waals surface area contributed by atoms with E-state index in [-0.39, 0.29) is 61.0 Å². The number of anilines is 1. The molecular weight excluding hydrogens is 454 g/mol. The maximum Gasteiger partial charge on any atom is 0.319 e. The summed E-state index contributed by atoms with van der Waals surface area (Å²) in [5, 5.41) is 0.272. The quantitative estimate of drug-likeness (QED) is 0.618. The smallest absolute Gasteiger partial charge is 0.319 e. The summed E-state index contributed by atoms with van der Waals surface area (Å²) in [5.74, 6) is -3.00. The van der Waals surface area contributed by atoms with Gasteiger partial charge in [-0.15, -0.1) is 0 Å². The lowest BCUT2D eigenvalue weighted by molar-refractivity contribution is -0.0204. The van der Waals surface area contributed by atoms with E-state index < -0.39 is 29.5 Å². The van der Waals surface area contributed by atoms with E-state index in [1.165, 1.54) is 6.92 Å². The van der Waals surface area contributed by atoms with Gasteiger partial charge in [0, 0.05) is 32.4 Å². The van der Waals surface area contributed by atoms with Crippen LogP contribution in [0, 0.1) is 12.7 Å². The Labute approximate surface area is 194 Å². The molecule has 3 atom stereocenters. The first kappa shape index (κ1) is 22.1. The third-order valence-electron chi connectivity index (χ3n) is 7.71. The van der Waals surface area contributed by atoms with Crippen molar-refractivity contribution in [2.45, 2.75) is 69.1 Å². The summed E-state index contributed by atoms with van der Waals surface area (Å²) in [6.45, 7) is 3.21. The minimum atomic E-state index is -2.82. The molecule has 2 aromatic rings. The molecule has 6 heterocycles. The summed E-state index contributed by atoms with van der Waals surface area (Å²) in [6.07, 6.45) is 0.894. The molecule has 0 unspecified atom stereocenters. The van der Waals surface area contributed by atoms with Gasteiger partial charge in [-0.25, -0.2) is 22.5 Å². The molecule has 0 bridgehead atoms. The predicted molar refractivity (Wildman–Crippen MR) is 116 cm³/mol. The Morgan fingerprint density at radius 2 is 1.94 bits per heavy atom. The minimum Gasteiger partial charge on any atom is -0.475 e. The Morgan fingerprint density at radius 3 is 2.79 bits per heavy atom. The summed E-state index contributed by atoms with van der Waals surface area (Å²) in [7, 11) is 0. The van der Waals surface area contributed by atoms with Crippen molar-refractivity contribution in [2.75, 3.05) is 37.7 Å². The number of hydrogen-bond acceptors (Lipinski definition) is 7. The fourth-order valence-corrected chi connectivity index (χ4v) is 6.09. The van der Waals surface area contributed by atoms with Crippen molar-refractivity contribution in [2.24, 2.45) is 0 Å². The van der Waals surface area contributed by atoms with E-state index in [0.29, 0.717) is 25.3 Å². The molecule has 0 aromatic carbocycles. The second-order valence-corrected chi connectivity index (χ2v) is 10.1. The molecular formula is C23H27F4N5O2. The van der Waals surface area contributed by atoms with Crippen LogP contribution in [0.25, 0.3) is 10.9 Å². The van der Waals surface area contributed by atoms with Crippen LogP contribution in [0.15, 0.2) is 0 Å². The molecule has 6 rings (SSSR count). The van der Waals surface area contributed by atoms with Gasteiger partial charge in [-0.3, -0.25) is 4.90 Å². The highest BCUT2D eigenvalue weighted by atomic mass is 19.3. The van der Waals surface area contributed by atoms with Crippen LogP contribution in [-0.2, 0) is 0 Å². The number of fused-ring (bicyclic) bond motifs is 3. The Balaban J connectivity index is 1.42. The third kappa shape index (κ3) is 3.54.